The molecule has 112 valence electrons. The van der Waals surface area contributed by atoms with E-state index in [0.29, 0.717) is 30.4 Å². The van der Waals surface area contributed by atoms with E-state index in [1.165, 1.54) is 0 Å². The standard InChI is InChI=1S/C17H22N2O2/c1-11-15-9-18-8-12(15)10-19(11)17(20)14-6-7-21-16-5-3-2-4-13(14)16/h2-5,11-12,14-15,18H,6-10H2,1H3. The van der Waals surface area contributed by atoms with Crippen LogP contribution in [0.2, 0.25) is 0 Å². The molecule has 1 N–H and O–H groups in total. The number of rotatable bonds is 1. The van der Waals surface area contributed by atoms with Crippen LogP contribution in [0.1, 0.15) is 24.8 Å². The van der Waals surface area contributed by atoms with Crippen molar-refractivity contribution in [1.82, 2.24) is 10.2 Å². The van der Waals surface area contributed by atoms with Crippen molar-refractivity contribution < 1.29 is 9.53 Å². The Bertz CT molecular complexity index is 559. The molecule has 0 aliphatic carbocycles. The van der Waals surface area contributed by atoms with Crippen LogP contribution in [0.15, 0.2) is 24.3 Å². The lowest BCUT2D eigenvalue weighted by atomic mass is 9.91. The lowest BCUT2D eigenvalue weighted by Gasteiger charge is -2.32. The van der Waals surface area contributed by atoms with Crippen LogP contribution in [-0.2, 0) is 4.79 Å². The Kier molecular flexibility index (Phi) is 3.14. The first-order chi connectivity index (χ1) is 10.3. The SMILES string of the molecule is CC1C2CNCC2CN1C(=O)C1CCOc2ccccc21. The number of benzene rings is 1. The van der Waals surface area contributed by atoms with Crippen molar-refractivity contribution in [2.75, 3.05) is 26.2 Å². The summed E-state index contributed by atoms with van der Waals surface area (Å²) in [7, 11) is 0. The Morgan fingerprint density at radius 2 is 2.19 bits per heavy atom. The topological polar surface area (TPSA) is 41.6 Å². The van der Waals surface area contributed by atoms with Crippen LogP contribution in [0.25, 0.3) is 0 Å². The summed E-state index contributed by atoms with van der Waals surface area (Å²) >= 11 is 0. The highest BCUT2D eigenvalue weighted by atomic mass is 16.5. The van der Waals surface area contributed by atoms with Gasteiger partial charge in [0.15, 0.2) is 0 Å². The van der Waals surface area contributed by atoms with Gasteiger partial charge in [-0.05, 0) is 31.2 Å². The van der Waals surface area contributed by atoms with Crippen molar-refractivity contribution >= 4 is 5.91 Å². The van der Waals surface area contributed by atoms with Gasteiger partial charge in [-0.25, -0.2) is 0 Å². The molecule has 3 aliphatic heterocycles. The lowest BCUT2D eigenvalue weighted by Crippen LogP contribution is -2.41. The molecule has 0 spiro atoms. The molecule has 1 aromatic rings. The lowest BCUT2D eigenvalue weighted by molar-refractivity contribution is -0.134. The van der Waals surface area contributed by atoms with Crippen molar-refractivity contribution in [1.29, 1.82) is 0 Å². The maximum absolute atomic E-state index is 13.1. The van der Waals surface area contributed by atoms with E-state index in [2.05, 4.69) is 17.1 Å². The molecule has 2 fully saturated rings. The molecule has 3 aliphatic rings. The van der Waals surface area contributed by atoms with Crippen molar-refractivity contribution in [3.8, 4) is 5.75 Å². The first kappa shape index (κ1) is 13.1. The minimum atomic E-state index is -0.0239. The maximum Gasteiger partial charge on any atom is 0.230 e. The smallest absolute Gasteiger partial charge is 0.230 e. The second-order valence-electron chi connectivity index (χ2n) is 6.54. The Labute approximate surface area is 125 Å². The number of ether oxygens (including phenoxy) is 1. The van der Waals surface area contributed by atoms with E-state index in [4.69, 9.17) is 4.74 Å². The summed E-state index contributed by atoms with van der Waals surface area (Å²) < 4.78 is 5.69. The van der Waals surface area contributed by atoms with Gasteiger partial charge in [0, 0.05) is 31.2 Å². The second-order valence-corrected chi connectivity index (χ2v) is 6.54. The number of nitrogens with zero attached hydrogens (tertiary/aromatic N) is 1. The minimum Gasteiger partial charge on any atom is -0.493 e. The van der Waals surface area contributed by atoms with E-state index in [1.807, 2.05) is 24.3 Å². The van der Waals surface area contributed by atoms with Gasteiger partial charge < -0.3 is 15.0 Å². The minimum absolute atomic E-state index is 0.0239. The molecule has 4 nitrogen and oxygen atoms in total. The van der Waals surface area contributed by atoms with E-state index in [1.54, 1.807) is 0 Å². The Morgan fingerprint density at radius 1 is 1.33 bits per heavy atom. The largest absolute Gasteiger partial charge is 0.493 e. The van der Waals surface area contributed by atoms with Gasteiger partial charge in [0.2, 0.25) is 5.91 Å². The molecular weight excluding hydrogens is 264 g/mol. The van der Waals surface area contributed by atoms with E-state index >= 15 is 0 Å². The van der Waals surface area contributed by atoms with Gasteiger partial charge in [-0.3, -0.25) is 4.79 Å². The fourth-order valence-electron chi connectivity index (χ4n) is 4.26. The van der Waals surface area contributed by atoms with Crippen LogP contribution < -0.4 is 10.1 Å². The highest BCUT2D eigenvalue weighted by molar-refractivity contribution is 5.85. The molecule has 0 radical (unpaired) electrons. The Hall–Kier alpha value is -1.55. The fourth-order valence-corrected chi connectivity index (χ4v) is 4.26. The van der Waals surface area contributed by atoms with E-state index < -0.39 is 0 Å². The first-order valence-electron chi connectivity index (χ1n) is 7.98. The Morgan fingerprint density at radius 3 is 3.05 bits per heavy atom. The van der Waals surface area contributed by atoms with Gasteiger partial charge >= 0.3 is 0 Å². The normalized spacial score (nSPS) is 34.2. The predicted octanol–water partition coefficient (Wildman–Crippen LogP) is 1.62. The molecule has 1 amide bonds. The average molecular weight is 286 g/mol. The second kappa shape index (κ2) is 5.02. The van der Waals surface area contributed by atoms with Gasteiger partial charge in [-0.15, -0.1) is 0 Å². The summed E-state index contributed by atoms with van der Waals surface area (Å²) in [4.78, 5) is 15.2. The first-order valence-corrected chi connectivity index (χ1v) is 7.98. The van der Waals surface area contributed by atoms with Gasteiger partial charge in [-0.2, -0.15) is 0 Å². The van der Waals surface area contributed by atoms with Crippen LogP contribution in [-0.4, -0.2) is 43.1 Å². The van der Waals surface area contributed by atoms with Crippen LogP contribution >= 0.6 is 0 Å². The van der Waals surface area contributed by atoms with Crippen LogP contribution in [0, 0.1) is 11.8 Å². The van der Waals surface area contributed by atoms with E-state index in [-0.39, 0.29) is 5.92 Å². The summed E-state index contributed by atoms with van der Waals surface area (Å²) in [6.07, 6.45) is 0.798. The zero-order valence-electron chi connectivity index (χ0n) is 12.4. The number of nitrogens with one attached hydrogen (secondary N) is 1. The molecule has 1 aromatic carbocycles. The van der Waals surface area contributed by atoms with Crippen LogP contribution in [0.3, 0.4) is 0 Å². The van der Waals surface area contributed by atoms with E-state index in [0.717, 1.165) is 37.4 Å². The third kappa shape index (κ3) is 2.04. The monoisotopic (exact) mass is 286 g/mol. The highest BCUT2D eigenvalue weighted by Crippen LogP contribution is 2.39. The van der Waals surface area contributed by atoms with E-state index in [9.17, 15) is 4.79 Å². The third-order valence-corrected chi connectivity index (χ3v) is 5.47. The Balaban J connectivity index is 1.59. The molecule has 0 aromatic heterocycles. The molecule has 0 saturated carbocycles. The molecule has 4 rings (SSSR count). The number of para-hydroxylation sites is 1. The summed E-state index contributed by atoms with van der Waals surface area (Å²) in [5.41, 5.74) is 1.07. The number of hydrogen-bond donors (Lipinski definition) is 1. The zero-order chi connectivity index (χ0) is 14.4. The van der Waals surface area contributed by atoms with Gasteiger partial charge in [0.05, 0.1) is 12.5 Å². The van der Waals surface area contributed by atoms with Crippen molar-refractivity contribution in [3.05, 3.63) is 29.8 Å². The van der Waals surface area contributed by atoms with Crippen molar-refractivity contribution in [2.45, 2.75) is 25.3 Å². The fraction of sp³-hybridized carbons (Fsp3) is 0.588. The van der Waals surface area contributed by atoms with Gasteiger partial charge in [0.25, 0.3) is 0 Å². The summed E-state index contributed by atoms with van der Waals surface area (Å²) in [5.74, 6) is 2.43. The molecule has 3 heterocycles. The summed E-state index contributed by atoms with van der Waals surface area (Å²) in [6.45, 7) is 5.88. The van der Waals surface area contributed by atoms with Crippen LogP contribution in [0.5, 0.6) is 5.75 Å². The molecule has 4 atom stereocenters. The average Bonchev–Trinajstić information content (AvgIpc) is 3.09. The molecule has 21 heavy (non-hydrogen) atoms. The molecular formula is C17H22N2O2. The molecule has 0 bridgehead atoms. The number of hydrogen-bond acceptors (Lipinski definition) is 3. The predicted molar refractivity (Wildman–Crippen MR) is 80.3 cm³/mol. The summed E-state index contributed by atoms with van der Waals surface area (Å²) in [6, 6.07) is 8.34. The molecule has 4 heteroatoms. The zero-order valence-corrected chi connectivity index (χ0v) is 12.4. The maximum atomic E-state index is 13.1. The van der Waals surface area contributed by atoms with Crippen molar-refractivity contribution in [2.24, 2.45) is 11.8 Å². The van der Waals surface area contributed by atoms with Crippen molar-refractivity contribution in [3.63, 3.8) is 0 Å². The third-order valence-electron chi connectivity index (χ3n) is 5.47. The van der Waals surface area contributed by atoms with Crippen LogP contribution in [0.4, 0.5) is 0 Å². The number of fused-ring (bicyclic) bond motifs is 2. The number of carbonyl (C=O) groups is 1. The number of amides is 1. The molecule has 4 unspecified atom stereocenters. The summed E-state index contributed by atoms with van der Waals surface area (Å²) in [5, 5.41) is 3.45. The number of carbonyl (C=O) groups excluding carboxylic acids is 1. The van der Waals surface area contributed by atoms with Gasteiger partial charge in [0.1, 0.15) is 5.75 Å². The van der Waals surface area contributed by atoms with Gasteiger partial charge in [-0.1, -0.05) is 18.2 Å². The molecule has 2 saturated heterocycles. The number of likely N-dealkylation sites (tertiary alicyclic amines) is 1. The highest BCUT2D eigenvalue weighted by Gasteiger charge is 2.45. The quantitative estimate of drug-likeness (QED) is 0.853.